The molecule has 0 aliphatic heterocycles. The van der Waals surface area contributed by atoms with Gasteiger partial charge in [0.1, 0.15) is 19.8 Å². The van der Waals surface area contributed by atoms with Gasteiger partial charge in [-0.1, -0.05) is 276 Å². The number of allylic oxidation sites excluding steroid dienone is 22. The number of rotatable bonds is 58. The van der Waals surface area contributed by atoms with Crippen molar-refractivity contribution in [2.24, 2.45) is 0 Å². The van der Waals surface area contributed by atoms with E-state index in [1.165, 1.54) is 103 Å². The lowest BCUT2D eigenvalue weighted by Crippen LogP contribution is -2.37. The number of nitrogens with zero attached hydrogens (tertiary/aromatic N) is 1. The van der Waals surface area contributed by atoms with Gasteiger partial charge < -0.3 is 18.9 Å². The Balaban J connectivity index is 4.12. The SMILES string of the molecule is CC/C=C\C/C=C\C/C=C\C/C=C\C/C=C\C/C=C\C/C=C\C/C=C\C/C=C\C/C=C\C/C=C\CCCCCCCCCC(=O)OC(COC(=O)CCCCCCCCCCCCCCCCCC)COP(=O)(O)OCC[N+](C)(C)C. The van der Waals surface area contributed by atoms with Crippen molar-refractivity contribution in [3.05, 3.63) is 134 Å². The number of hydrogen-bond donors (Lipinski definition) is 1. The first kappa shape index (κ1) is 77.2. The Kier molecular flexibility index (Phi) is 57.8. The van der Waals surface area contributed by atoms with Crippen molar-refractivity contribution in [1.82, 2.24) is 0 Å². The minimum absolute atomic E-state index is 0.0246. The predicted molar refractivity (Wildman–Crippen MR) is 348 cm³/mol. The summed E-state index contributed by atoms with van der Waals surface area (Å²) in [6, 6.07) is 0. The van der Waals surface area contributed by atoms with E-state index in [9.17, 15) is 19.0 Å². The van der Waals surface area contributed by atoms with E-state index in [4.69, 9.17) is 18.5 Å². The van der Waals surface area contributed by atoms with Crippen molar-refractivity contribution in [3.8, 4) is 0 Å². The van der Waals surface area contributed by atoms with Crippen LogP contribution in [-0.2, 0) is 32.7 Å². The van der Waals surface area contributed by atoms with E-state index in [2.05, 4.69) is 148 Å². The zero-order valence-electron chi connectivity index (χ0n) is 52.5. The normalized spacial score (nSPS) is 14.1. The van der Waals surface area contributed by atoms with Crippen LogP contribution in [0.15, 0.2) is 134 Å². The summed E-state index contributed by atoms with van der Waals surface area (Å²) in [4.78, 5) is 35.7. The third kappa shape index (κ3) is 65.2. The lowest BCUT2D eigenvalue weighted by Gasteiger charge is -2.24. The predicted octanol–water partition coefficient (Wildman–Crippen LogP) is 20.9. The van der Waals surface area contributed by atoms with Crippen LogP contribution in [0.4, 0.5) is 0 Å². The van der Waals surface area contributed by atoms with E-state index in [0.717, 1.165) is 116 Å². The highest BCUT2D eigenvalue weighted by molar-refractivity contribution is 7.47. The van der Waals surface area contributed by atoms with E-state index in [0.29, 0.717) is 17.4 Å². The van der Waals surface area contributed by atoms with E-state index in [1.807, 2.05) is 21.1 Å². The first-order valence-electron chi connectivity index (χ1n) is 32.4. The number of phosphoric acid groups is 1. The number of unbranched alkanes of at least 4 members (excludes halogenated alkanes) is 22. The Morgan fingerprint density at radius 1 is 0.395 bits per heavy atom. The molecule has 0 heterocycles. The fourth-order valence-corrected chi connectivity index (χ4v) is 9.23. The summed E-state index contributed by atoms with van der Waals surface area (Å²) < 4.78 is 34.6. The molecule has 0 fully saturated rings. The van der Waals surface area contributed by atoms with Gasteiger partial charge >= 0.3 is 19.8 Å². The van der Waals surface area contributed by atoms with Crippen molar-refractivity contribution < 1.29 is 42.1 Å². The summed E-state index contributed by atoms with van der Waals surface area (Å²) in [7, 11) is 1.46. The molecule has 0 aromatic carbocycles. The number of carbonyl (C=O) groups excluding carboxylic acids is 2. The second-order valence-electron chi connectivity index (χ2n) is 22.4. The minimum Gasteiger partial charge on any atom is -0.462 e. The van der Waals surface area contributed by atoms with Gasteiger partial charge in [0.05, 0.1) is 27.7 Å². The van der Waals surface area contributed by atoms with Gasteiger partial charge in [0.25, 0.3) is 0 Å². The second-order valence-corrected chi connectivity index (χ2v) is 23.9. The Hall–Kier alpha value is -3.85. The zero-order chi connectivity index (χ0) is 59.1. The average Bonchev–Trinajstić information content (AvgIpc) is 3.43. The van der Waals surface area contributed by atoms with Crippen molar-refractivity contribution >= 4 is 19.8 Å². The standard InChI is InChI=1S/C71H120NO8P/c1-6-8-10-12-14-16-18-20-22-24-25-26-27-28-29-30-31-32-33-34-35-36-37-38-39-40-41-42-43-44-45-46-47-48-50-52-54-56-58-60-62-64-71(74)80-69(68-79-81(75,76)78-66-65-72(3,4)5)67-77-70(73)63-61-59-57-55-53-51-49-23-21-19-17-15-13-11-9-7-2/h8,10,14,16,20,22,25-26,28-29,31-32,34-35,37-38,40-41,43-44,46-47,69H,6-7,9,11-13,15,17-19,21,23-24,27,30,33,36,39,42,45,48-68H2,1-5H3/p+1/b10-8-,16-14-,22-20-,26-25-,29-28-,32-31-,35-34-,38-37-,41-40-,44-43-,47-46-. The molecule has 0 saturated carbocycles. The maximum atomic E-state index is 12.8. The number of hydrogen-bond acceptors (Lipinski definition) is 7. The van der Waals surface area contributed by atoms with Crippen LogP contribution in [0.3, 0.4) is 0 Å². The Bertz CT molecular complexity index is 1830. The minimum atomic E-state index is -4.40. The van der Waals surface area contributed by atoms with Gasteiger partial charge in [0.2, 0.25) is 0 Å². The van der Waals surface area contributed by atoms with Crippen molar-refractivity contribution in [2.75, 3.05) is 47.5 Å². The zero-order valence-corrected chi connectivity index (χ0v) is 53.4. The first-order chi connectivity index (χ1) is 39.5. The maximum absolute atomic E-state index is 12.8. The molecule has 81 heavy (non-hydrogen) atoms. The molecule has 1 N–H and O–H groups in total. The van der Waals surface area contributed by atoms with Gasteiger partial charge in [0, 0.05) is 12.8 Å². The molecule has 0 aliphatic carbocycles. The molecule has 2 unspecified atom stereocenters. The van der Waals surface area contributed by atoms with Gasteiger partial charge in [-0.05, 0) is 96.3 Å². The third-order valence-corrected chi connectivity index (χ3v) is 14.4. The molecular weight excluding hydrogens is 1030 g/mol. The molecule has 0 rings (SSSR count). The van der Waals surface area contributed by atoms with E-state index in [-0.39, 0.29) is 32.0 Å². The summed E-state index contributed by atoms with van der Waals surface area (Å²) in [5.74, 6) is -0.811. The molecule has 0 aromatic heterocycles. The molecular formula is C71H121NO8P+. The Labute approximate surface area is 498 Å². The summed E-state index contributed by atoms with van der Waals surface area (Å²) >= 11 is 0. The lowest BCUT2D eigenvalue weighted by atomic mass is 10.0. The van der Waals surface area contributed by atoms with Gasteiger partial charge in [-0.2, -0.15) is 0 Å². The lowest BCUT2D eigenvalue weighted by molar-refractivity contribution is -0.870. The number of phosphoric ester groups is 1. The van der Waals surface area contributed by atoms with E-state index >= 15 is 0 Å². The number of likely N-dealkylation sites (N-methyl/N-ethyl adjacent to an activating group) is 1. The first-order valence-corrected chi connectivity index (χ1v) is 33.9. The highest BCUT2D eigenvalue weighted by Crippen LogP contribution is 2.43. The quantitative estimate of drug-likeness (QED) is 0.0211. The fourth-order valence-electron chi connectivity index (χ4n) is 8.49. The number of esters is 2. The second kappa shape index (κ2) is 60.7. The van der Waals surface area contributed by atoms with Crippen LogP contribution in [0.2, 0.25) is 0 Å². The number of quaternary nitrogens is 1. The van der Waals surface area contributed by atoms with E-state index < -0.39 is 26.5 Å². The van der Waals surface area contributed by atoms with Crippen LogP contribution >= 0.6 is 7.82 Å². The van der Waals surface area contributed by atoms with Crippen LogP contribution < -0.4 is 0 Å². The molecule has 462 valence electrons. The fraction of sp³-hybridized carbons (Fsp3) is 0.662. The average molecular weight is 1150 g/mol. The summed E-state index contributed by atoms with van der Waals surface area (Å²) in [6.07, 6.45) is 88.2. The van der Waals surface area contributed by atoms with Gasteiger partial charge in [-0.15, -0.1) is 0 Å². The van der Waals surface area contributed by atoms with Gasteiger partial charge in [0.15, 0.2) is 6.10 Å². The van der Waals surface area contributed by atoms with Crippen LogP contribution in [0, 0.1) is 0 Å². The number of carbonyl (C=O) groups is 2. The summed E-state index contributed by atoms with van der Waals surface area (Å²) in [6.45, 7) is 4.31. The molecule has 10 heteroatoms. The molecule has 0 spiro atoms. The van der Waals surface area contributed by atoms with E-state index in [1.54, 1.807) is 0 Å². The van der Waals surface area contributed by atoms with Crippen molar-refractivity contribution in [1.29, 1.82) is 0 Å². The molecule has 0 aromatic rings. The van der Waals surface area contributed by atoms with Crippen LogP contribution in [0.5, 0.6) is 0 Å². The van der Waals surface area contributed by atoms with Crippen LogP contribution in [-0.4, -0.2) is 74.9 Å². The van der Waals surface area contributed by atoms with Crippen LogP contribution in [0.25, 0.3) is 0 Å². The molecule has 0 bridgehead atoms. The molecule has 9 nitrogen and oxygen atoms in total. The van der Waals surface area contributed by atoms with Gasteiger partial charge in [-0.3, -0.25) is 18.6 Å². The smallest absolute Gasteiger partial charge is 0.462 e. The monoisotopic (exact) mass is 1150 g/mol. The molecule has 0 aliphatic rings. The summed E-state index contributed by atoms with van der Waals surface area (Å²) in [5, 5.41) is 0. The highest BCUT2D eigenvalue weighted by atomic mass is 31.2. The number of ether oxygens (including phenoxy) is 2. The van der Waals surface area contributed by atoms with Crippen molar-refractivity contribution in [3.63, 3.8) is 0 Å². The maximum Gasteiger partial charge on any atom is 0.472 e. The Morgan fingerprint density at radius 3 is 1.05 bits per heavy atom. The molecule has 2 atom stereocenters. The highest BCUT2D eigenvalue weighted by Gasteiger charge is 2.27. The molecule has 0 amide bonds. The topological polar surface area (TPSA) is 108 Å². The van der Waals surface area contributed by atoms with Gasteiger partial charge in [-0.25, -0.2) is 4.57 Å². The Morgan fingerprint density at radius 2 is 0.704 bits per heavy atom. The molecule has 0 saturated heterocycles. The molecule has 0 radical (unpaired) electrons. The van der Waals surface area contributed by atoms with Crippen molar-refractivity contribution in [2.45, 2.75) is 258 Å². The summed E-state index contributed by atoms with van der Waals surface area (Å²) in [5.41, 5.74) is 0. The largest absolute Gasteiger partial charge is 0.472 e. The van der Waals surface area contributed by atoms with Crippen LogP contribution in [0.1, 0.15) is 251 Å². The third-order valence-electron chi connectivity index (χ3n) is 13.4.